The Kier molecular flexibility index (Phi) is 4.29. The largest absolute Gasteiger partial charge is 0.508 e. The van der Waals surface area contributed by atoms with Gasteiger partial charge in [-0.3, -0.25) is 0 Å². The summed E-state index contributed by atoms with van der Waals surface area (Å²) in [4.78, 5) is 0.0472. The summed E-state index contributed by atoms with van der Waals surface area (Å²) in [6, 6.07) is 10.7. The molecule has 0 radical (unpaired) electrons. The first-order valence-corrected chi connectivity index (χ1v) is 7.79. The van der Waals surface area contributed by atoms with Crippen LogP contribution in [0.3, 0.4) is 0 Å². The van der Waals surface area contributed by atoms with Gasteiger partial charge in [-0.05, 0) is 37.3 Å². The number of halogens is 1. The summed E-state index contributed by atoms with van der Waals surface area (Å²) in [6.07, 6.45) is 0. The van der Waals surface area contributed by atoms with Crippen LogP contribution in [0.15, 0.2) is 53.4 Å². The summed E-state index contributed by atoms with van der Waals surface area (Å²) in [7, 11) is -2.36. The smallest absolute Gasteiger partial charge is 0.243 e. The van der Waals surface area contributed by atoms with E-state index in [9.17, 15) is 17.9 Å². The monoisotopic (exact) mass is 309 g/mol. The minimum atomic E-state index is -3.76. The Bertz CT molecular complexity index is 729. The molecule has 112 valence electrons. The predicted octanol–water partition coefficient (Wildman–Crippen LogP) is 2.91. The van der Waals surface area contributed by atoms with Crippen molar-refractivity contribution in [3.8, 4) is 5.75 Å². The van der Waals surface area contributed by atoms with Gasteiger partial charge in [0.15, 0.2) is 0 Å². The maximum absolute atomic E-state index is 13.8. The number of hydrogen-bond donors (Lipinski definition) is 1. The van der Waals surface area contributed by atoms with Crippen LogP contribution in [0.5, 0.6) is 5.75 Å². The molecular formula is C15H16FNO3S. The van der Waals surface area contributed by atoms with Crippen molar-refractivity contribution in [3.63, 3.8) is 0 Å². The fourth-order valence-corrected chi connectivity index (χ4v) is 3.34. The van der Waals surface area contributed by atoms with Crippen LogP contribution in [0.2, 0.25) is 0 Å². The van der Waals surface area contributed by atoms with E-state index in [-0.39, 0.29) is 10.6 Å². The molecule has 1 unspecified atom stereocenters. The minimum Gasteiger partial charge on any atom is -0.508 e. The number of rotatable bonds is 4. The van der Waals surface area contributed by atoms with E-state index in [2.05, 4.69) is 0 Å². The molecule has 0 saturated heterocycles. The normalized spacial score (nSPS) is 13.3. The summed E-state index contributed by atoms with van der Waals surface area (Å²) in [5, 5.41) is 9.23. The van der Waals surface area contributed by atoms with Gasteiger partial charge in [0.05, 0.1) is 4.90 Å². The van der Waals surface area contributed by atoms with E-state index >= 15 is 0 Å². The lowest BCUT2D eigenvalue weighted by molar-refractivity contribution is 0.387. The molecule has 2 rings (SSSR count). The van der Waals surface area contributed by atoms with E-state index in [0.717, 1.165) is 4.31 Å². The first-order valence-electron chi connectivity index (χ1n) is 6.35. The Morgan fingerprint density at radius 2 is 1.67 bits per heavy atom. The Balaban J connectivity index is 2.36. The molecule has 0 bridgehead atoms. The molecule has 2 aromatic carbocycles. The molecule has 0 aromatic heterocycles. The minimum absolute atomic E-state index is 0.0150. The van der Waals surface area contributed by atoms with Gasteiger partial charge in [-0.15, -0.1) is 0 Å². The zero-order valence-corrected chi connectivity index (χ0v) is 12.5. The van der Waals surface area contributed by atoms with Crippen molar-refractivity contribution < 1.29 is 17.9 Å². The molecular weight excluding hydrogens is 293 g/mol. The van der Waals surface area contributed by atoms with Crippen molar-refractivity contribution in [2.75, 3.05) is 7.05 Å². The zero-order valence-electron chi connectivity index (χ0n) is 11.7. The predicted molar refractivity (Wildman–Crippen MR) is 77.9 cm³/mol. The van der Waals surface area contributed by atoms with E-state index in [4.69, 9.17) is 0 Å². The summed E-state index contributed by atoms with van der Waals surface area (Å²) < 4.78 is 39.9. The number of nitrogens with zero attached hydrogens (tertiary/aromatic N) is 1. The van der Waals surface area contributed by atoms with Gasteiger partial charge < -0.3 is 5.11 Å². The van der Waals surface area contributed by atoms with Crippen LogP contribution < -0.4 is 0 Å². The van der Waals surface area contributed by atoms with Crippen molar-refractivity contribution in [2.24, 2.45) is 0 Å². The lowest BCUT2D eigenvalue weighted by Crippen LogP contribution is -2.30. The molecule has 0 aliphatic carbocycles. The summed E-state index contributed by atoms with van der Waals surface area (Å²) in [6.45, 7) is 1.62. The second-order valence-corrected chi connectivity index (χ2v) is 6.71. The standard InChI is InChI=1S/C15H16FNO3S/c1-11(14-5-3-4-6-15(14)16)17(2)21(19,20)13-9-7-12(18)8-10-13/h3-11,18H,1-2H3. The Morgan fingerprint density at radius 3 is 2.24 bits per heavy atom. The van der Waals surface area contributed by atoms with Gasteiger partial charge in [0.1, 0.15) is 11.6 Å². The number of phenolic OH excluding ortho intramolecular Hbond substituents is 1. The Morgan fingerprint density at radius 1 is 1.10 bits per heavy atom. The fourth-order valence-electron chi connectivity index (χ4n) is 2.00. The lowest BCUT2D eigenvalue weighted by atomic mass is 10.1. The zero-order chi connectivity index (χ0) is 15.6. The molecule has 1 atom stereocenters. The molecule has 0 spiro atoms. The maximum Gasteiger partial charge on any atom is 0.243 e. The van der Waals surface area contributed by atoms with Gasteiger partial charge in [0.2, 0.25) is 10.0 Å². The van der Waals surface area contributed by atoms with Crippen molar-refractivity contribution in [1.29, 1.82) is 0 Å². The molecule has 0 fully saturated rings. The molecule has 4 nitrogen and oxygen atoms in total. The molecule has 0 aliphatic heterocycles. The molecule has 2 aromatic rings. The fraction of sp³-hybridized carbons (Fsp3) is 0.200. The van der Waals surface area contributed by atoms with Gasteiger partial charge in [0, 0.05) is 18.7 Å². The average Bonchev–Trinajstić information content (AvgIpc) is 2.46. The third-order valence-corrected chi connectivity index (χ3v) is 5.36. The molecule has 21 heavy (non-hydrogen) atoms. The number of benzene rings is 2. The number of hydrogen-bond acceptors (Lipinski definition) is 3. The van der Waals surface area contributed by atoms with Crippen LogP contribution in [-0.4, -0.2) is 24.9 Å². The van der Waals surface area contributed by atoms with E-state index in [0.29, 0.717) is 5.56 Å². The van der Waals surface area contributed by atoms with E-state index < -0.39 is 21.9 Å². The van der Waals surface area contributed by atoms with Gasteiger partial charge >= 0.3 is 0 Å². The quantitative estimate of drug-likeness (QED) is 0.944. The average molecular weight is 309 g/mol. The van der Waals surface area contributed by atoms with E-state index in [1.807, 2.05) is 0 Å². The van der Waals surface area contributed by atoms with Crippen molar-refractivity contribution in [1.82, 2.24) is 4.31 Å². The Hall–Kier alpha value is -1.92. The van der Waals surface area contributed by atoms with E-state index in [1.165, 1.54) is 37.4 Å². The second kappa shape index (κ2) is 5.83. The summed E-state index contributed by atoms with van der Waals surface area (Å²) >= 11 is 0. The van der Waals surface area contributed by atoms with E-state index in [1.54, 1.807) is 25.1 Å². The van der Waals surface area contributed by atoms with Crippen LogP contribution in [0, 0.1) is 5.82 Å². The van der Waals surface area contributed by atoms with Gasteiger partial charge in [-0.2, -0.15) is 4.31 Å². The highest BCUT2D eigenvalue weighted by molar-refractivity contribution is 7.89. The van der Waals surface area contributed by atoms with Gasteiger partial charge in [-0.25, -0.2) is 12.8 Å². The highest BCUT2D eigenvalue weighted by atomic mass is 32.2. The number of phenols is 1. The Labute approximate surface area is 123 Å². The molecule has 0 saturated carbocycles. The van der Waals surface area contributed by atoms with Crippen LogP contribution >= 0.6 is 0 Å². The topological polar surface area (TPSA) is 57.6 Å². The van der Waals surface area contributed by atoms with Crippen LogP contribution in [0.1, 0.15) is 18.5 Å². The van der Waals surface area contributed by atoms with Crippen molar-refractivity contribution in [2.45, 2.75) is 17.9 Å². The van der Waals surface area contributed by atoms with Gasteiger partial charge in [-0.1, -0.05) is 18.2 Å². The summed E-state index contributed by atoms with van der Waals surface area (Å²) in [5.74, 6) is -0.462. The van der Waals surface area contributed by atoms with Gasteiger partial charge in [0.25, 0.3) is 0 Å². The molecule has 0 aliphatic rings. The maximum atomic E-state index is 13.8. The lowest BCUT2D eigenvalue weighted by Gasteiger charge is -2.25. The highest BCUT2D eigenvalue weighted by Gasteiger charge is 2.27. The first kappa shape index (κ1) is 15.5. The first-order chi connectivity index (χ1) is 9.84. The molecule has 0 amide bonds. The molecule has 0 heterocycles. The third-order valence-electron chi connectivity index (χ3n) is 3.41. The third kappa shape index (κ3) is 3.06. The van der Waals surface area contributed by atoms with Crippen molar-refractivity contribution in [3.05, 3.63) is 59.9 Å². The summed E-state index contributed by atoms with van der Waals surface area (Å²) in [5.41, 5.74) is 0.308. The van der Waals surface area contributed by atoms with Crippen LogP contribution in [0.25, 0.3) is 0 Å². The SMILES string of the molecule is CC(c1ccccc1F)N(C)S(=O)(=O)c1ccc(O)cc1. The number of sulfonamides is 1. The number of aromatic hydroxyl groups is 1. The second-order valence-electron chi connectivity index (χ2n) is 4.71. The molecule has 6 heteroatoms. The van der Waals surface area contributed by atoms with Crippen LogP contribution in [0.4, 0.5) is 4.39 Å². The van der Waals surface area contributed by atoms with Crippen LogP contribution in [-0.2, 0) is 10.0 Å². The molecule has 1 N–H and O–H groups in total. The van der Waals surface area contributed by atoms with Crippen molar-refractivity contribution >= 4 is 10.0 Å². The highest BCUT2D eigenvalue weighted by Crippen LogP contribution is 2.27.